The first-order valence-corrected chi connectivity index (χ1v) is 11.9. The first-order valence-electron chi connectivity index (χ1n) is 11.9. The molecule has 0 bridgehead atoms. The molecule has 8 nitrogen and oxygen atoms in total. The quantitative estimate of drug-likeness (QED) is 0.254. The van der Waals surface area contributed by atoms with Crippen LogP contribution in [-0.4, -0.2) is 36.4 Å². The van der Waals surface area contributed by atoms with Gasteiger partial charge in [0.15, 0.2) is 0 Å². The molecule has 1 aliphatic heterocycles. The maximum atomic E-state index is 13.4. The Morgan fingerprint density at radius 1 is 1.00 bits per heavy atom. The minimum absolute atomic E-state index is 0.0531. The lowest BCUT2D eigenvalue weighted by molar-refractivity contribution is -0.132. The lowest BCUT2D eigenvalue weighted by atomic mass is 9.94. The zero-order chi connectivity index (χ0) is 26.5. The number of ketones is 1. The number of Topliss-reactive ketones (excluding diaryl/α,β-unsaturated/α-hetero) is 1. The Kier molecular flexibility index (Phi) is 7.57. The molecule has 8 heteroatoms. The van der Waals surface area contributed by atoms with E-state index in [2.05, 4.69) is 5.32 Å². The van der Waals surface area contributed by atoms with Crippen LogP contribution in [0.3, 0.4) is 0 Å². The van der Waals surface area contributed by atoms with Crippen molar-refractivity contribution >= 4 is 34.7 Å². The monoisotopic (exact) mass is 500 g/mol. The third kappa shape index (κ3) is 5.18. The van der Waals surface area contributed by atoms with Crippen LogP contribution in [0.4, 0.5) is 11.4 Å². The van der Waals surface area contributed by atoms with Gasteiger partial charge in [-0.15, -0.1) is 0 Å². The van der Waals surface area contributed by atoms with Crippen molar-refractivity contribution < 1.29 is 29.0 Å². The molecule has 1 fully saturated rings. The van der Waals surface area contributed by atoms with Crippen molar-refractivity contribution in [1.29, 1.82) is 0 Å². The number of nitrogens with one attached hydrogen (secondary N) is 1. The van der Waals surface area contributed by atoms with Crippen LogP contribution in [0.25, 0.3) is 5.76 Å². The van der Waals surface area contributed by atoms with Crippen LogP contribution in [0.15, 0.2) is 78.4 Å². The van der Waals surface area contributed by atoms with Crippen LogP contribution in [0.1, 0.15) is 37.4 Å². The van der Waals surface area contributed by atoms with E-state index in [9.17, 15) is 19.5 Å². The number of hydrogen-bond acceptors (Lipinski definition) is 6. The van der Waals surface area contributed by atoms with Gasteiger partial charge in [-0.25, -0.2) is 0 Å². The number of ether oxygens (including phenoxy) is 2. The first-order chi connectivity index (χ1) is 17.8. The van der Waals surface area contributed by atoms with Crippen molar-refractivity contribution in [3.8, 4) is 11.5 Å². The molecule has 1 atom stereocenters. The molecule has 0 saturated carbocycles. The summed E-state index contributed by atoms with van der Waals surface area (Å²) in [6, 6.07) is 19.4. The van der Waals surface area contributed by atoms with Crippen molar-refractivity contribution in [2.24, 2.45) is 0 Å². The van der Waals surface area contributed by atoms with Gasteiger partial charge in [0.05, 0.1) is 25.3 Å². The molecule has 2 N–H and O–H groups in total. The highest BCUT2D eigenvalue weighted by atomic mass is 16.5. The molecule has 0 spiro atoms. The average Bonchev–Trinajstić information content (AvgIpc) is 3.17. The molecule has 1 unspecified atom stereocenters. The van der Waals surface area contributed by atoms with Crippen LogP contribution < -0.4 is 19.7 Å². The summed E-state index contributed by atoms with van der Waals surface area (Å²) in [7, 11) is 1.50. The smallest absolute Gasteiger partial charge is 0.300 e. The summed E-state index contributed by atoms with van der Waals surface area (Å²) in [6.07, 6.45) is 0.857. The van der Waals surface area contributed by atoms with Crippen molar-refractivity contribution in [1.82, 2.24) is 0 Å². The first kappa shape index (κ1) is 25.5. The van der Waals surface area contributed by atoms with Crippen molar-refractivity contribution in [2.75, 3.05) is 23.9 Å². The Balaban J connectivity index is 1.84. The highest BCUT2D eigenvalue weighted by Gasteiger charge is 2.47. The highest BCUT2D eigenvalue weighted by molar-refractivity contribution is 6.51. The predicted octanol–water partition coefficient (Wildman–Crippen LogP) is 5.07. The van der Waals surface area contributed by atoms with E-state index in [4.69, 9.17) is 9.47 Å². The Bertz CT molecular complexity index is 1350. The summed E-state index contributed by atoms with van der Waals surface area (Å²) < 4.78 is 11.2. The molecule has 1 aliphatic rings. The number of aliphatic hydroxyl groups excluding tert-OH is 1. The van der Waals surface area contributed by atoms with E-state index in [0.29, 0.717) is 40.6 Å². The number of benzene rings is 3. The average molecular weight is 501 g/mol. The van der Waals surface area contributed by atoms with Gasteiger partial charge in [-0.2, -0.15) is 0 Å². The highest BCUT2D eigenvalue weighted by Crippen LogP contribution is 2.45. The van der Waals surface area contributed by atoms with Gasteiger partial charge in [0.25, 0.3) is 11.7 Å². The number of amides is 2. The van der Waals surface area contributed by atoms with E-state index in [1.54, 1.807) is 72.8 Å². The van der Waals surface area contributed by atoms with E-state index >= 15 is 0 Å². The van der Waals surface area contributed by atoms with Gasteiger partial charge in [-0.3, -0.25) is 19.3 Å². The Morgan fingerprint density at radius 2 is 1.68 bits per heavy atom. The standard InChI is InChI=1S/C29H28N2O6/c1-4-17-37-22-15-9-19(10-16-22)27(33)25-26(23-7-5-6-8-24(23)36-3)31(29(35)28(25)34)21-13-11-20(12-14-21)30-18(2)32/h5-16,26,33H,4,17H2,1-3H3,(H,30,32)/b27-25-. The molecular formula is C29H28N2O6. The molecule has 0 aliphatic carbocycles. The molecular weight excluding hydrogens is 472 g/mol. The predicted molar refractivity (Wildman–Crippen MR) is 141 cm³/mol. The zero-order valence-corrected chi connectivity index (χ0v) is 20.9. The summed E-state index contributed by atoms with van der Waals surface area (Å²) in [6.45, 7) is 3.96. The number of nitrogens with zero attached hydrogens (tertiary/aromatic N) is 1. The largest absolute Gasteiger partial charge is 0.507 e. The summed E-state index contributed by atoms with van der Waals surface area (Å²) in [5, 5.41) is 14.0. The Morgan fingerprint density at radius 3 is 2.30 bits per heavy atom. The van der Waals surface area contributed by atoms with E-state index in [1.165, 1.54) is 18.9 Å². The van der Waals surface area contributed by atoms with E-state index in [0.717, 1.165) is 6.42 Å². The molecule has 3 aromatic rings. The van der Waals surface area contributed by atoms with Crippen LogP contribution in [0, 0.1) is 0 Å². The fourth-order valence-electron chi connectivity index (χ4n) is 4.28. The molecule has 190 valence electrons. The van der Waals surface area contributed by atoms with Gasteiger partial charge < -0.3 is 19.9 Å². The fraction of sp³-hybridized carbons (Fsp3) is 0.207. The van der Waals surface area contributed by atoms with Crippen LogP contribution in [-0.2, 0) is 14.4 Å². The molecule has 1 heterocycles. The van der Waals surface area contributed by atoms with Gasteiger partial charge in [-0.1, -0.05) is 25.1 Å². The minimum Gasteiger partial charge on any atom is -0.507 e. The normalized spacial score (nSPS) is 16.5. The molecule has 4 rings (SSSR count). The van der Waals surface area contributed by atoms with Crippen molar-refractivity contribution in [3.63, 3.8) is 0 Å². The second-order valence-corrected chi connectivity index (χ2v) is 8.51. The number of methoxy groups -OCH3 is 1. The number of aliphatic hydroxyl groups is 1. The Hall–Kier alpha value is -4.59. The van der Waals surface area contributed by atoms with Gasteiger partial charge in [0, 0.05) is 29.4 Å². The summed E-state index contributed by atoms with van der Waals surface area (Å²) in [5.74, 6) is -1.02. The van der Waals surface area contributed by atoms with Crippen LogP contribution >= 0.6 is 0 Å². The minimum atomic E-state index is -0.946. The third-order valence-electron chi connectivity index (χ3n) is 5.94. The SMILES string of the molecule is CCCOc1ccc(/C(O)=C2/C(=O)C(=O)N(c3ccc(NC(C)=O)cc3)C2c2ccccc2OC)cc1. The summed E-state index contributed by atoms with van der Waals surface area (Å²) in [4.78, 5) is 39.5. The maximum Gasteiger partial charge on any atom is 0.300 e. The lowest BCUT2D eigenvalue weighted by Gasteiger charge is -2.26. The lowest BCUT2D eigenvalue weighted by Crippen LogP contribution is -2.29. The molecule has 1 saturated heterocycles. The number of hydrogen-bond donors (Lipinski definition) is 2. The number of carbonyl (C=O) groups is 3. The van der Waals surface area contributed by atoms with Crippen LogP contribution in [0.5, 0.6) is 11.5 Å². The maximum absolute atomic E-state index is 13.4. The topological polar surface area (TPSA) is 105 Å². The van der Waals surface area contributed by atoms with Gasteiger partial charge in [0.1, 0.15) is 17.3 Å². The van der Waals surface area contributed by atoms with Crippen molar-refractivity contribution in [3.05, 3.63) is 89.5 Å². The third-order valence-corrected chi connectivity index (χ3v) is 5.94. The molecule has 0 radical (unpaired) electrons. The number of rotatable bonds is 8. The van der Waals surface area contributed by atoms with E-state index in [1.807, 2.05) is 6.92 Å². The summed E-state index contributed by atoms with van der Waals surface area (Å²) in [5.41, 5.74) is 1.84. The second kappa shape index (κ2) is 11.0. The van der Waals surface area contributed by atoms with Crippen molar-refractivity contribution in [2.45, 2.75) is 26.3 Å². The molecule has 3 aromatic carbocycles. The fourth-order valence-corrected chi connectivity index (χ4v) is 4.28. The van der Waals surface area contributed by atoms with Crippen LogP contribution in [0.2, 0.25) is 0 Å². The van der Waals surface area contributed by atoms with Gasteiger partial charge >= 0.3 is 0 Å². The van der Waals surface area contributed by atoms with Gasteiger partial charge in [0.2, 0.25) is 5.91 Å². The van der Waals surface area contributed by atoms with E-state index in [-0.39, 0.29) is 17.2 Å². The molecule has 0 aromatic heterocycles. The summed E-state index contributed by atoms with van der Waals surface area (Å²) >= 11 is 0. The second-order valence-electron chi connectivity index (χ2n) is 8.51. The number of carbonyl (C=O) groups excluding carboxylic acids is 3. The zero-order valence-electron chi connectivity index (χ0n) is 20.9. The molecule has 2 amide bonds. The number of para-hydroxylation sites is 1. The Labute approximate surface area is 215 Å². The van der Waals surface area contributed by atoms with Gasteiger partial charge in [-0.05, 0) is 61.0 Å². The van der Waals surface area contributed by atoms with E-state index < -0.39 is 17.7 Å². The molecule has 37 heavy (non-hydrogen) atoms. The number of anilines is 2.